The maximum Gasteiger partial charge on any atom is 0.411 e. The first-order valence-electron chi connectivity index (χ1n) is 6.60. The summed E-state index contributed by atoms with van der Waals surface area (Å²) in [6.45, 7) is 2.11. The van der Waals surface area contributed by atoms with Gasteiger partial charge in [-0.15, -0.1) is 0 Å². The number of anilines is 2. The van der Waals surface area contributed by atoms with Crippen LogP contribution >= 0.6 is 0 Å². The van der Waals surface area contributed by atoms with E-state index in [9.17, 15) is 4.79 Å². The molecule has 3 rings (SSSR count). The Morgan fingerprint density at radius 3 is 3.24 bits per heavy atom. The first kappa shape index (κ1) is 13.3. The molecule has 2 heterocycles. The molecular formula is C14H16N4O3. The van der Waals surface area contributed by atoms with Gasteiger partial charge in [-0.3, -0.25) is 5.32 Å². The van der Waals surface area contributed by atoms with Crippen LogP contribution in [-0.2, 0) is 11.3 Å². The summed E-state index contributed by atoms with van der Waals surface area (Å²) in [5.41, 5.74) is 2.62. The third kappa shape index (κ3) is 2.91. The van der Waals surface area contributed by atoms with Crippen molar-refractivity contribution >= 4 is 17.5 Å². The number of ether oxygens (including phenoxy) is 2. The van der Waals surface area contributed by atoms with E-state index in [-0.39, 0.29) is 0 Å². The number of nitrogens with one attached hydrogen (secondary N) is 2. The summed E-state index contributed by atoms with van der Waals surface area (Å²) in [7, 11) is 1.33. The summed E-state index contributed by atoms with van der Waals surface area (Å²) >= 11 is 0. The summed E-state index contributed by atoms with van der Waals surface area (Å²) in [6, 6.07) is 5.51. The molecule has 1 aliphatic rings. The number of hydrogen-bond acceptors (Lipinski definition) is 5. The number of amides is 1. The molecule has 1 aliphatic heterocycles. The van der Waals surface area contributed by atoms with Crippen LogP contribution in [0.25, 0.3) is 0 Å². The van der Waals surface area contributed by atoms with Crippen LogP contribution in [0.15, 0.2) is 30.7 Å². The monoisotopic (exact) mass is 288 g/mol. The highest BCUT2D eigenvalue weighted by Gasteiger charge is 2.19. The molecule has 0 aliphatic carbocycles. The van der Waals surface area contributed by atoms with Crippen molar-refractivity contribution in [1.82, 2.24) is 9.97 Å². The summed E-state index contributed by atoms with van der Waals surface area (Å²) in [4.78, 5) is 20.6. The Morgan fingerprint density at radius 2 is 2.48 bits per heavy atom. The fraction of sp³-hybridized carbons (Fsp3) is 0.286. The van der Waals surface area contributed by atoms with E-state index in [0.717, 1.165) is 23.7 Å². The molecule has 0 spiro atoms. The highest BCUT2D eigenvalue weighted by atomic mass is 16.5. The van der Waals surface area contributed by atoms with E-state index in [1.54, 1.807) is 18.6 Å². The fourth-order valence-corrected chi connectivity index (χ4v) is 2.26. The lowest BCUT2D eigenvalue weighted by atomic mass is 10.2. The number of rotatable bonds is 3. The number of nitrogens with zero attached hydrogens (tertiary/aromatic N) is 2. The van der Waals surface area contributed by atoms with Crippen molar-refractivity contribution in [1.29, 1.82) is 0 Å². The van der Waals surface area contributed by atoms with Gasteiger partial charge < -0.3 is 19.4 Å². The van der Waals surface area contributed by atoms with Crippen LogP contribution in [0.4, 0.5) is 16.2 Å². The van der Waals surface area contributed by atoms with Crippen LogP contribution in [-0.4, -0.2) is 36.3 Å². The number of carbonyl (C=O) groups is 1. The molecule has 21 heavy (non-hydrogen) atoms. The third-order valence-corrected chi connectivity index (χ3v) is 3.27. The normalized spacial score (nSPS) is 13.3. The Hall–Kier alpha value is -2.70. The quantitative estimate of drug-likeness (QED) is 0.903. The van der Waals surface area contributed by atoms with Crippen molar-refractivity contribution in [2.24, 2.45) is 0 Å². The largest absolute Gasteiger partial charge is 0.490 e. The molecule has 0 atom stereocenters. The van der Waals surface area contributed by atoms with Crippen LogP contribution in [0.2, 0.25) is 0 Å². The summed E-state index contributed by atoms with van der Waals surface area (Å²) in [5.74, 6) is 0.802. The molecule has 2 aromatic rings. The van der Waals surface area contributed by atoms with Crippen molar-refractivity contribution in [3.05, 3.63) is 36.4 Å². The first-order chi connectivity index (χ1) is 10.3. The van der Waals surface area contributed by atoms with E-state index in [4.69, 9.17) is 4.74 Å². The lowest BCUT2D eigenvalue weighted by molar-refractivity contribution is 0.187. The van der Waals surface area contributed by atoms with Gasteiger partial charge in [0.2, 0.25) is 0 Å². The number of fused-ring (bicyclic) bond motifs is 1. The average molecular weight is 288 g/mol. The molecule has 7 heteroatoms. The van der Waals surface area contributed by atoms with Gasteiger partial charge in [-0.2, -0.15) is 0 Å². The molecule has 1 amide bonds. The van der Waals surface area contributed by atoms with Gasteiger partial charge in [0.25, 0.3) is 0 Å². The number of methoxy groups -OCH3 is 1. The number of imidazole rings is 1. The molecular weight excluding hydrogens is 272 g/mol. The van der Waals surface area contributed by atoms with Crippen molar-refractivity contribution in [3.8, 4) is 5.75 Å². The number of H-pyrrole nitrogens is 1. The van der Waals surface area contributed by atoms with Gasteiger partial charge >= 0.3 is 6.09 Å². The van der Waals surface area contributed by atoms with Crippen LogP contribution in [0.5, 0.6) is 5.75 Å². The molecule has 2 N–H and O–H groups in total. The van der Waals surface area contributed by atoms with Gasteiger partial charge in [-0.1, -0.05) is 0 Å². The molecule has 110 valence electrons. The van der Waals surface area contributed by atoms with Gasteiger partial charge in [-0.25, -0.2) is 9.78 Å². The molecule has 0 unspecified atom stereocenters. The number of aromatic nitrogens is 2. The molecule has 0 fully saturated rings. The van der Waals surface area contributed by atoms with Gasteiger partial charge in [0, 0.05) is 11.9 Å². The minimum absolute atomic E-state index is 0.494. The van der Waals surface area contributed by atoms with Crippen molar-refractivity contribution in [2.75, 3.05) is 30.5 Å². The third-order valence-electron chi connectivity index (χ3n) is 3.27. The average Bonchev–Trinajstić information content (AvgIpc) is 3.01. The summed E-state index contributed by atoms with van der Waals surface area (Å²) in [5, 5.41) is 2.66. The second-order valence-corrected chi connectivity index (χ2v) is 4.65. The summed E-state index contributed by atoms with van der Waals surface area (Å²) < 4.78 is 10.2. The molecule has 7 nitrogen and oxygen atoms in total. The zero-order valence-electron chi connectivity index (χ0n) is 11.6. The number of aromatic amines is 1. The van der Waals surface area contributed by atoms with Crippen molar-refractivity contribution in [2.45, 2.75) is 6.54 Å². The number of benzene rings is 1. The lowest BCUT2D eigenvalue weighted by Crippen LogP contribution is -2.32. The molecule has 0 saturated carbocycles. The topological polar surface area (TPSA) is 79.5 Å². The molecule has 1 aromatic carbocycles. The smallest absolute Gasteiger partial charge is 0.411 e. The SMILES string of the molecule is COC(=O)Nc1ccc2c(c1)N(Cc1cnc[nH]1)CCO2. The minimum Gasteiger partial charge on any atom is -0.490 e. The predicted octanol–water partition coefficient (Wildman–Crippen LogP) is 1.99. The number of hydrogen-bond donors (Lipinski definition) is 2. The van der Waals surface area contributed by atoms with E-state index in [0.29, 0.717) is 18.8 Å². The molecule has 0 radical (unpaired) electrons. The molecule has 1 aromatic heterocycles. The zero-order valence-corrected chi connectivity index (χ0v) is 11.6. The summed E-state index contributed by atoms with van der Waals surface area (Å²) in [6.07, 6.45) is 2.96. The Balaban J connectivity index is 1.84. The van der Waals surface area contributed by atoms with Gasteiger partial charge in [-0.05, 0) is 18.2 Å². The van der Waals surface area contributed by atoms with Gasteiger partial charge in [0.1, 0.15) is 12.4 Å². The van der Waals surface area contributed by atoms with E-state index < -0.39 is 6.09 Å². The highest BCUT2D eigenvalue weighted by molar-refractivity contribution is 5.86. The lowest BCUT2D eigenvalue weighted by Gasteiger charge is -2.31. The maximum atomic E-state index is 11.3. The van der Waals surface area contributed by atoms with Crippen LogP contribution in [0.3, 0.4) is 0 Å². The van der Waals surface area contributed by atoms with E-state index in [1.165, 1.54) is 7.11 Å². The fourth-order valence-electron chi connectivity index (χ4n) is 2.26. The van der Waals surface area contributed by atoms with Crippen molar-refractivity contribution in [3.63, 3.8) is 0 Å². The van der Waals surface area contributed by atoms with Crippen LogP contribution in [0, 0.1) is 0 Å². The molecule has 0 bridgehead atoms. The second-order valence-electron chi connectivity index (χ2n) is 4.65. The van der Waals surface area contributed by atoms with Crippen LogP contribution < -0.4 is 15.0 Å². The first-order valence-corrected chi connectivity index (χ1v) is 6.60. The highest BCUT2D eigenvalue weighted by Crippen LogP contribution is 2.34. The van der Waals surface area contributed by atoms with Crippen LogP contribution in [0.1, 0.15) is 5.69 Å². The Bertz CT molecular complexity index is 627. The number of carbonyl (C=O) groups excluding carboxylic acids is 1. The van der Waals surface area contributed by atoms with Crippen molar-refractivity contribution < 1.29 is 14.3 Å². The van der Waals surface area contributed by atoms with E-state index in [1.807, 2.05) is 12.1 Å². The van der Waals surface area contributed by atoms with Gasteiger partial charge in [0.15, 0.2) is 0 Å². The molecule has 0 saturated heterocycles. The standard InChI is InChI=1S/C14H16N4O3/c1-20-14(19)17-10-2-3-13-12(6-10)18(4-5-21-13)8-11-7-15-9-16-11/h2-3,6-7,9H,4-5,8H2,1H3,(H,15,16)(H,17,19). The predicted molar refractivity (Wildman–Crippen MR) is 77.6 cm³/mol. The Labute approximate surface area is 121 Å². The Morgan fingerprint density at radius 1 is 1.57 bits per heavy atom. The van der Waals surface area contributed by atoms with E-state index in [2.05, 4.69) is 24.9 Å². The zero-order chi connectivity index (χ0) is 14.7. The van der Waals surface area contributed by atoms with E-state index >= 15 is 0 Å². The van der Waals surface area contributed by atoms with Gasteiger partial charge in [0.05, 0.1) is 37.9 Å². The Kier molecular flexibility index (Phi) is 3.63. The second kappa shape index (κ2) is 5.74. The maximum absolute atomic E-state index is 11.3. The minimum atomic E-state index is -0.494.